The van der Waals surface area contributed by atoms with Gasteiger partial charge in [0.2, 0.25) is 5.88 Å². The van der Waals surface area contributed by atoms with E-state index < -0.39 is 0 Å². The van der Waals surface area contributed by atoms with Crippen molar-refractivity contribution in [3.63, 3.8) is 0 Å². The molecular formula is C25H37N3O3. The summed E-state index contributed by atoms with van der Waals surface area (Å²) >= 11 is 0. The zero-order chi connectivity index (χ0) is 21.6. The first kappa shape index (κ1) is 22.3. The van der Waals surface area contributed by atoms with Gasteiger partial charge in [0.1, 0.15) is 5.69 Å². The van der Waals surface area contributed by atoms with Gasteiger partial charge in [0, 0.05) is 44.4 Å². The van der Waals surface area contributed by atoms with E-state index in [1.165, 1.54) is 19.3 Å². The van der Waals surface area contributed by atoms with Crippen molar-refractivity contribution in [3.05, 3.63) is 35.9 Å². The van der Waals surface area contributed by atoms with Crippen molar-refractivity contribution in [2.45, 2.75) is 77.2 Å². The van der Waals surface area contributed by atoms with Gasteiger partial charge in [-0.2, -0.15) is 0 Å². The molecule has 0 saturated carbocycles. The second-order valence-corrected chi connectivity index (χ2v) is 9.11. The van der Waals surface area contributed by atoms with Crippen molar-refractivity contribution < 1.29 is 14.4 Å². The molecule has 4 rings (SSSR count). The molecule has 1 aromatic carbocycles. The van der Waals surface area contributed by atoms with Gasteiger partial charge < -0.3 is 19.3 Å². The van der Waals surface area contributed by atoms with E-state index in [4.69, 9.17) is 9.26 Å². The van der Waals surface area contributed by atoms with Gasteiger partial charge in [-0.25, -0.2) is 0 Å². The number of benzene rings is 1. The second-order valence-electron chi connectivity index (χ2n) is 9.11. The standard InChI is InChI=1S/C25H37N3O3/c1-3-21(29)16-27(17-22-13-9-15-30-22)18-23-24(20-11-5-4-6-12-20)26-31-25(23)28-14-8-7-10-19(28)2/h4-6,11-12,19,21-22,29H,3,7-10,13-18H2,1-2H3. The molecule has 2 aliphatic heterocycles. The van der Waals surface area contributed by atoms with Crippen LogP contribution >= 0.6 is 0 Å². The fourth-order valence-corrected chi connectivity index (χ4v) is 4.82. The molecule has 6 nitrogen and oxygen atoms in total. The summed E-state index contributed by atoms with van der Waals surface area (Å²) in [7, 11) is 0. The lowest BCUT2D eigenvalue weighted by molar-refractivity contribution is 0.0455. The molecule has 1 N–H and O–H groups in total. The van der Waals surface area contributed by atoms with Gasteiger partial charge in [-0.05, 0) is 45.4 Å². The number of nitrogens with zero attached hydrogens (tertiary/aromatic N) is 3. The van der Waals surface area contributed by atoms with Crippen molar-refractivity contribution in [3.8, 4) is 11.3 Å². The van der Waals surface area contributed by atoms with Gasteiger partial charge in [-0.1, -0.05) is 42.4 Å². The number of anilines is 1. The lowest BCUT2D eigenvalue weighted by Gasteiger charge is -2.34. The number of hydrogen-bond donors (Lipinski definition) is 1. The number of ether oxygens (including phenoxy) is 1. The highest BCUT2D eigenvalue weighted by molar-refractivity contribution is 5.68. The molecule has 0 aliphatic carbocycles. The van der Waals surface area contributed by atoms with Crippen LogP contribution in [0.5, 0.6) is 0 Å². The molecule has 0 amide bonds. The highest BCUT2D eigenvalue weighted by Crippen LogP contribution is 2.35. The average Bonchev–Trinajstić information content (AvgIpc) is 3.45. The van der Waals surface area contributed by atoms with Crippen LogP contribution in [0.4, 0.5) is 5.88 Å². The van der Waals surface area contributed by atoms with Gasteiger partial charge in [-0.3, -0.25) is 4.90 Å². The summed E-state index contributed by atoms with van der Waals surface area (Å²) < 4.78 is 11.9. The minimum Gasteiger partial charge on any atom is -0.392 e. The molecule has 170 valence electrons. The van der Waals surface area contributed by atoms with Crippen LogP contribution in [-0.2, 0) is 11.3 Å². The normalized spacial score (nSPS) is 22.9. The highest BCUT2D eigenvalue weighted by Gasteiger charge is 2.30. The number of aliphatic hydroxyl groups excluding tert-OH is 1. The first-order valence-corrected chi connectivity index (χ1v) is 12.0. The molecule has 6 heteroatoms. The van der Waals surface area contributed by atoms with Crippen LogP contribution in [0, 0.1) is 0 Å². The van der Waals surface area contributed by atoms with Gasteiger partial charge in [-0.15, -0.1) is 0 Å². The Bertz CT molecular complexity index is 804. The fraction of sp³-hybridized carbons (Fsp3) is 0.640. The summed E-state index contributed by atoms with van der Waals surface area (Å²) in [6.07, 6.45) is 6.46. The van der Waals surface area contributed by atoms with Crippen molar-refractivity contribution >= 4 is 5.88 Å². The van der Waals surface area contributed by atoms with Crippen LogP contribution in [0.3, 0.4) is 0 Å². The monoisotopic (exact) mass is 427 g/mol. The zero-order valence-corrected chi connectivity index (χ0v) is 19.0. The maximum Gasteiger partial charge on any atom is 0.232 e. The highest BCUT2D eigenvalue weighted by atomic mass is 16.5. The molecule has 3 heterocycles. The number of hydrogen-bond acceptors (Lipinski definition) is 6. The number of aliphatic hydroxyl groups is 1. The number of piperidine rings is 1. The molecule has 2 saturated heterocycles. The maximum atomic E-state index is 10.4. The van der Waals surface area contributed by atoms with E-state index in [-0.39, 0.29) is 12.2 Å². The van der Waals surface area contributed by atoms with Crippen LogP contribution in [0.15, 0.2) is 34.9 Å². The Hall–Kier alpha value is -1.89. The third-order valence-electron chi connectivity index (χ3n) is 6.69. The Kier molecular flexibility index (Phi) is 7.64. The molecule has 0 radical (unpaired) electrons. The first-order valence-electron chi connectivity index (χ1n) is 12.0. The maximum absolute atomic E-state index is 10.4. The lowest BCUT2D eigenvalue weighted by Crippen LogP contribution is -2.40. The van der Waals surface area contributed by atoms with E-state index in [0.717, 1.165) is 61.7 Å². The minimum atomic E-state index is -0.348. The first-order chi connectivity index (χ1) is 15.2. The Morgan fingerprint density at radius 2 is 2.03 bits per heavy atom. The number of rotatable bonds is 9. The molecule has 2 fully saturated rings. The molecule has 2 aliphatic rings. The van der Waals surface area contributed by atoms with Gasteiger partial charge in [0.05, 0.1) is 17.8 Å². The average molecular weight is 428 g/mol. The van der Waals surface area contributed by atoms with E-state index in [9.17, 15) is 5.11 Å². The lowest BCUT2D eigenvalue weighted by atomic mass is 10.0. The van der Waals surface area contributed by atoms with Crippen LogP contribution in [0.2, 0.25) is 0 Å². The molecule has 3 unspecified atom stereocenters. The predicted molar refractivity (Wildman–Crippen MR) is 123 cm³/mol. The molecule has 31 heavy (non-hydrogen) atoms. The Balaban J connectivity index is 1.66. The molecule has 3 atom stereocenters. The van der Waals surface area contributed by atoms with E-state index in [2.05, 4.69) is 34.0 Å². The topological polar surface area (TPSA) is 62.0 Å². The van der Waals surface area contributed by atoms with Gasteiger partial charge in [0.15, 0.2) is 0 Å². The molecule has 2 aromatic rings. The van der Waals surface area contributed by atoms with Crippen LogP contribution < -0.4 is 4.90 Å². The zero-order valence-electron chi connectivity index (χ0n) is 19.0. The van der Waals surface area contributed by atoms with Crippen molar-refractivity contribution in [2.24, 2.45) is 0 Å². The van der Waals surface area contributed by atoms with E-state index in [1.807, 2.05) is 25.1 Å². The van der Waals surface area contributed by atoms with Gasteiger partial charge in [0.25, 0.3) is 0 Å². The van der Waals surface area contributed by atoms with Crippen molar-refractivity contribution in [1.82, 2.24) is 10.1 Å². The van der Waals surface area contributed by atoms with Crippen molar-refractivity contribution in [1.29, 1.82) is 0 Å². The third kappa shape index (κ3) is 5.48. The Labute approximate surface area is 186 Å². The Morgan fingerprint density at radius 1 is 1.19 bits per heavy atom. The van der Waals surface area contributed by atoms with Crippen LogP contribution in [-0.4, -0.2) is 59.7 Å². The number of aromatic nitrogens is 1. The summed E-state index contributed by atoms with van der Waals surface area (Å²) in [5.74, 6) is 0.898. The van der Waals surface area contributed by atoms with Crippen LogP contribution in [0.25, 0.3) is 11.3 Å². The van der Waals surface area contributed by atoms with Crippen LogP contribution in [0.1, 0.15) is 57.9 Å². The Morgan fingerprint density at radius 3 is 2.74 bits per heavy atom. The summed E-state index contributed by atoms with van der Waals surface area (Å²) in [4.78, 5) is 4.72. The predicted octanol–water partition coefficient (Wildman–Crippen LogP) is 4.47. The van der Waals surface area contributed by atoms with E-state index in [0.29, 0.717) is 19.1 Å². The molecule has 0 spiro atoms. The van der Waals surface area contributed by atoms with Crippen molar-refractivity contribution in [2.75, 3.05) is 31.1 Å². The van der Waals surface area contributed by atoms with E-state index in [1.54, 1.807) is 0 Å². The summed E-state index contributed by atoms with van der Waals surface area (Å²) in [5, 5.41) is 15.0. The van der Waals surface area contributed by atoms with Gasteiger partial charge >= 0.3 is 0 Å². The molecule has 1 aromatic heterocycles. The van der Waals surface area contributed by atoms with E-state index >= 15 is 0 Å². The largest absolute Gasteiger partial charge is 0.392 e. The smallest absolute Gasteiger partial charge is 0.232 e. The molecule has 0 bridgehead atoms. The molecular weight excluding hydrogens is 390 g/mol. The second kappa shape index (κ2) is 10.6. The quantitative estimate of drug-likeness (QED) is 0.637. The summed E-state index contributed by atoms with van der Waals surface area (Å²) in [6.45, 7) is 8.30. The summed E-state index contributed by atoms with van der Waals surface area (Å²) in [5.41, 5.74) is 3.11. The minimum absolute atomic E-state index is 0.237. The summed E-state index contributed by atoms with van der Waals surface area (Å²) in [6, 6.07) is 10.7. The SMILES string of the molecule is CCC(O)CN(Cc1c(-c2ccccc2)noc1N1CCCCC1C)CC1CCCO1. The fourth-order valence-electron chi connectivity index (χ4n) is 4.82. The third-order valence-corrected chi connectivity index (χ3v) is 6.69.